The fourth-order valence-electron chi connectivity index (χ4n) is 7.31. The minimum absolute atomic E-state index is 0.00738. The molecule has 1 N–H and O–H groups in total. The number of carbonyl (C=O) groups excluding carboxylic acids is 3. The zero-order chi connectivity index (χ0) is 28.8. The lowest BCUT2D eigenvalue weighted by Crippen LogP contribution is -2.58. The van der Waals surface area contributed by atoms with Crippen molar-refractivity contribution in [2.45, 2.75) is 56.8 Å². The Kier molecular flexibility index (Phi) is 7.13. The van der Waals surface area contributed by atoms with Crippen LogP contribution >= 0.6 is 11.6 Å². The van der Waals surface area contributed by atoms with E-state index in [0.717, 1.165) is 56.2 Å². The molecule has 0 aromatic heterocycles. The Labute approximate surface area is 251 Å². The van der Waals surface area contributed by atoms with Crippen LogP contribution in [0.2, 0.25) is 5.02 Å². The summed E-state index contributed by atoms with van der Waals surface area (Å²) in [4.78, 5) is 44.2. The van der Waals surface area contributed by atoms with Crippen LogP contribution in [0.5, 0.6) is 0 Å². The maximum absolute atomic E-state index is 13.2. The number of benzene rings is 3. The second kappa shape index (κ2) is 11.0. The number of halogens is 1. The second-order valence-corrected chi connectivity index (χ2v) is 12.5. The Morgan fingerprint density at radius 1 is 0.881 bits per heavy atom. The Hall–Kier alpha value is -3.52. The molecule has 3 heterocycles. The Bertz CT molecular complexity index is 1540. The summed E-state index contributed by atoms with van der Waals surface area (Å²) >= 11 is 6.13. The minimum Gasteiger partial charge on any atom is -0.322 e. The first-order valence-corrected chi connectivity index (χ1v) is 15.4. The average Bonchev–Trinajstić information content (AvgIpc) is 3.29. The molecule has 0 radical (unpaired) electrons. The number of hydrogen-bond donors (Lipinski definition) is 1. The molecule has 3 aromatic carbocycles. The van der Waals surface area contributed by atoms with Gasteiger partial charge in [-0.05, 0) is 71.7 Å². The maximum Gasteiger partial charge on any atom is 0.255 e. The molecule has 1 saturated carbocycles. The van der Waals surface area contributed by atoms with Gasteiger partial charge in [0.2, 0.25) is 11.8 Å². The summed E-state index contributed by atoms with van der Waals surface area (Å²) in [6, 6.07) is 22.5. The van der Waals surface area contributed by atoms with Crippen molar-refractivity contribution >= 4 is 29.3 Å². The monoisotopic (exact) mass is 582 g/mol. The van der Waals surface area contributed by atoms with Gasteiger partial charge in [0.15, 0.2) is 0 Å². The number of nitrogens with one attached hydrogen (secondary N) is 1. The molecular formula is C34H35ClN4O3. The van der Waals surface area contributed by atoms with Gasteiger partial charge in [0.05, 0.1) is 0 Å². The van der Waals surface area contributed by atoms with Crippen LogP contribution in [0, 0.1) is 0 Å². The first kappa shape index (κ1) is 27.3. The zero-order valence-electron chi connectivity index (χ0n) is 23.7. The van der Waals surface area contributed by atoms with Crippen molar-refractivity contribution in [1.29, 1.82) is 0 Å². The number of piperazine rings is 1. The van der Waals surface area contributed by atoms with Gasteiger partial charge in [0, 0.05) is 61.8 Å². The highest BCUT2D eigenvalue weighted by Crippen LogP contribution is 2.48. The summed E-state index contributed by atoms with van der Waals surface area (Å²) in [5.41, 5.74) is 6.74. The van der Waals surface area contributed by atoms with Gasteiger partial charge in [0.25, 0.3) is 5.91 Å². The van der Waals surface area contributed by atoms with Gasteiger partial charge in [-0.2, -0.15) is 0 Å². The predicted molar refractivity (Wildman–Crippen MR) is 162 cm³/mol. The second-order valence-electron chi connectivity index (χ2n) is 12.1. The number of carbonyl (C=O) groups is 3. The third-order valence-electron chi connectivity index (χ3n) is 9.79. The molecule has 2 saturated heterocycles. The van der Waals surface area contributed by atoms with E-state index >= 15 is 0 Å². The van der Waals surface area contributed by atoms with Gasteiger partial charge in [0.1, 0.15) is 6.04 Å². The van der Waals surface area contributed by atoms with E-state index in [1.165, 1.54) is 28.7 Å². The van der Waals surface area contributed by atoms with Crippen LogP contribution in [-0.2, 0) is 28.2 Å². The molecule has 216 valence electrons. The SMILES string of the molecule is O=C1CCC(N2Cc3cc(C4(N5CCN(Cc6ccccc6-c6ccc(Cl)cc6)CC5)CCC4)ccc3C2=O)C(=O)N1. The van der Waals surface area contributed by atoms with Crippen molar-refractivity contribution < 1.29 is 14.4 Å². The van der Waals surface area contributed by atoms with Crippen LogP contribution in [0.3, 0.4) is 0 Å². The summed E-state index contributed by atoms with van der Waals surface area (Å²) < 4.78 is 0. The van der Waals surface area contributed by atoms with Crippen molar-refractivity contribution in [3.05, 3.63) is 94.0 Å². The molecule has 0 bridgehead atoms. The number of fused-ring (bicyclic) bond motifs is 1. The fourth-order valence-corrected chi connectivity index (χ4v) is 7.43. The lowest BCUT2D eigenvalue weighted by molar-refractivity contribution is -0.136. The molecule has 3 aliphatic heterocycles. The van der Waals surface area contributed by atoms with E-state index in [1.807, 2.05) is 18.2 Å². The van der Waals surface area contributed by atoms with Gasteiger partial charge in [-0.25, -0.2) is 0 Å². The Balaban J connectivity index is 1.04. The predicted octanol–water partition coefficient (Wildman–Crippen LogP) is 4.97. The first-order valence-electron chi connectivity index (χ1n) is 15.0. The van der Waals surface area contributed by atoms with Crippen molar-refractivity contribution in [3.8, 4) is 11.1 Å². The molecule has 3 amide bonds. The van der Waals surface area contributed by atoms with E-state index in [2.05, 4.69) is 63.6 Å². The molecule has 0 spiro atoms. The molecule has 7 rings (SSSR count). The van der Waals surface area contributed by atoms with E-state index in [9.17, 15) is 14.4 Å². The number of hydrogen-bond acceptors (Lipinski definition) is 5. The first-order chi connectivity index (χ1) is 20.4. The standard InChI is InChI=1S/C34H35ClN4O3/c35-27-9-6-23(7-10-27)28-5-2-1-4-24(28)21-37-16-18-38(19-17-37)34(14-3-15-34)26-8-11-29-25(20-26)22-39(33(29)42)30-12-13-31(40)36-32(30)41/h1-2,4-11,20,30H,3,12-19,21-22H2,(H,36,40,41). The van der Waals surface area contributed by atoms with Crippen molar-refractivity contribution in [2.24, 2.45) is 0 Å². The van der Waals surface area contributed by atoms with Crippen molar-refractivity contribution in [3.63, 3.8) is 0 Å². The highest BCUT2D eigenvalue weighted by Gasteiger charge is 2.46. The third-order valence-corrected chi connectivity index (χ3v) is 10.0. The van der Waals surface area contributed by atoms with E-state index in [1.54, 1.807) is 4.90 Å². The van der Waals surface area contributed by atoms with Gasteiger partial charge in [-0.1, -0.05) is 60.1 Å². The van der Waals surface area contributed by atoms with Crippen LogP contribution in [0.25, 0.3) is 11.1 Å². The quantitative estimate of drug-likeness (QED) is 0.416. The maximum atomic E-state index is 13.2. The van der Waals surface area contributed by atoms with Crippen LogP contribution in [0.4, 0.5) is 0 Å². The number of imide groups is 1. The molecule has 1 atom stereocenters. The van der Waals surface area contributed by atoms with Crippen LogP contribution < -0.4 is 5.32 Å². The smallest absolute Gasteiger partial charge is 0.255 e. The van der Waals surface area contributed by atoms with Crippen molar-refractivity contribution in [2.75, 3.05) is 26.2 Å². The highest BCUT2D eigenvalue weighted by atomic mass is 35.5. The van der Waals surface area contributed by atoms with E-state index in [0.29, 0.717) is 18.5 Å². The van der Waals surface area contributed by atoms with Gasteiger partial charge < -0.3 is 4.90 Å². The van der Waals surface area contributed by atoms with Gasteiger partial charge in [-0.15, -0.1) is 0 Å². The number of amides is 3. The summed E-state index contributed by atoms with van der Waals surface area (Å²) in [6.45, 7) is 5.35. The van der Waals surface area contributed by atoms with E-state index in [4.69, 9.17) is 11.6 Å². The molecule has 1 aliphatic carbocycles. The van der Waals surface area contributed by atoms with Gasteiger partial charge in [-0.3, -0.25) is 29.5 Å². The minimum atomic E-state index is -0.582. The fraction of sp³-hybridized carbons (Fsp3) is 0.382. The molecular weight excluding hydrogens is 548 g/mol. The van der Waals surface area contributed by atoms with Crippen LogP contribution in [-0.4, -0.2) is 64.6 Å². The third kappa shape index (κ3) is 4.83. The molecule has 3 aromatic rings. The molecule has 7 nitrogen and oxygen atoms in total. The Morgan fingerprint density at radius 2 is 1.64 bits per heavy atom. The van der Waals surface area contributed by atoms with E-state index < -0.39 is 6.04 Å². The highest BCUT2D eigenvalue weighted by molar-refractivity contribution is 6.30. The summed E-state index contributed by atoms with van der Waals surface area (Å²) in [5.74, 6) is -0.738. The lowest BCUT2D eigenvalue weighted by atomic mass is 9.69. The van der Waals surface area contributed by atoms with Crippen LogP contribution in [0.15, 0.2) is 66.7 Å². The summed E-state index contributed by atoms with van der Waals surface area (Å²) in [6.07, 6.45) is 4.10. The average molecular weight is 583 g/mol. The summed E-state index contributed by atoms with van der Waals surface area (Å²) in [7, 11) is 0. The number of piperidine rings is 1. The molecule has 1 unspecified atom stereocenters. The molecule has 3 fully saturated rings. The lowest BCUT2D eigenvalue weighted by Gasteiger charge is -2.53. The molecule has 4 aliphatic rings. The largest absolute Gasteiger partial charge is 0.322 e. The van der Waals surface area contributed by atoms with Crippen molar-refractivity contribution in [1.82, 2.24) is 20.0 Å². The van der Waals surface area contributed by atoms with E-state index in [-0.39, 0.29) is 29.7 Å². The Morgan fingerprint density at radius 3 is 2.36 bits per heavy atom. The normalized spacial score (nSPS) is 22.5. The zero-order valence-corrected chi connectivity index (χ0v) is 24.4. The number of nitrogens with zero attached hydrogens (tertiary/aromatic N) is 3. The van der Waals surface area contributed by atoms with Gasteiger partial charge >= 0.3 is 0 Å². The molecule has 8 heteroatoms. The summed E-state index contributed by atoms with van der Waals surface area (Å²) in [5, 5.41) is 3.14. The molecule has 42 heavy (non-hydrogen) atoms. The topological polar surface area (TPSA) is 73.0 Å². The number of rotatable bonds is 6. The van der Waals surface area contributed by atoms with Crippen LogP contribution in [0.1, 0.15) is 59.2 Å².